The highest BCUT2D eigenvalue weighted by Crippen LogP contribution is 2.12. The number of hydrogen-bond donors (Lipinski definition) is 2. The standard InChI is InChI=1S/C17H24N4O4/c1-11(2)18-16(23)17(24)20-19-12(3)13-6-8-14(9-7-13)25-10-15(22)21(4)5/h6-9,11H,10H2,1-5H3,(H,18,23)(H,20,24)/b19-12-. The first-order valence-corrected chi connectivity index (χ1v) is 7.79. The van der Waals surface area contributed by atoms with E-state index >= 15 is 0 Å². The lowest BCUT2D eigenvalue weighted by Crippen LogP contribution is -2.41. The molecule has 1 aromatic carbocycles. The van der Waals surface area contributed by atoms with E-state index in [4.69, 9.17) is 4.74 Å². The number of hydrazone groups is 1. The molecule has 8 heteroatoms. The van der Waals surface area contributed by atoms with Crippen LogP contribution in [0.1, 0.15) is 26.3 Å². The zero-order chi connectivity index (χ0) is 19.0. The van der Waals surface area contributed by atoms with Gasteiger partial charge >= 0.3 is 11.8 Å². The van der Waals surface area contributed by atoms with Gasteiger partial charge in [0.15, 0.2) is 6.61 Å². The number of benzene rings is 1. The lowest BCUT2D eigenvalue weighted by molar-refractivity contribution is -0.139. The van der Waals surface area contributed by atoms with Crippen molar-refractivity contribution < 1.29 is 19.1 Å². The molecule has 0 aliphatic rings. The molecular weight excluding hydrogens is 324 g/mol. The summed E-state index contributed by atoms with van der Waals surface area (Å²) in [6.45, 7) is 5.18. The molecule has 0 unspecified atom stereocenters. The fraction of sp³-hybridized carbons (Fsp3) is 0.412. The molecule has 0 fully saturated rings. The van der Waals surface area contributed by atoms with Crippen molar-refractivity contribution in [2.24, 2.45) is 5.10 Å². The van der Waals surface area contributed by atoms with Crippen LogP contribution in [-0.4, -0.2) is 55.1 Å². The number of carbonyl (C=O) groups excluding carboxylic acids is 3. The minimum Gasteiger partial charge on any atom is -0.484 e. The highest BCUT2D eigenvalue weighted by atomic mass is 16.5. The van der Waals surface area contributed by atoms with E-state index in [0.29, 0.717) is 11.5 Å². The first-order valence-electron chi connectivity index (χ1n) is 7.79. The number of nitrogens with zero attached hydrogens (tertiary/aromatic N) is 2. The molecule has 0 saturated carbocycles. The number of hydrogen-bond acceptors (Lipinski definition) is 5. The summed E-state index contributed by atoms with van der Waals surface area (Å²) < 4.78 is 5.38. The van der Waals surface area contributed by atoms with Crippen LogP contribution in [0.25, 0.3) is 0 Å². The Kier molecular flexibility index (Phi) is 7.58. The van der Waals surface area contributed by atoms with Gasteiger partial charge in [0.2, 0.25) is 0 Å². The number of ether oxygens (including phenoxy) is 1. The molecule has 2 N–H and O–H groups in total. The van der Waals surface area contributed by atoms with Crippen molar-refractivity contribution in [3.8, 4) is 5.75 Å². The Hall–Kier alpha value is -2.90. The van der Waals surface area contributed by atoms with Crippen molar-refractivity contribution in [1.82, 2.24) is 15.6 Å². The van der Waals surface area contributed by atoms with Gasteiger partial charge in [-0.15, -0.1) is 0 Å². The molecule has 0 bridgehead atoms. The molecule has 136 valence electrons. The zero-order valence-electron chi connectivity index (χ0n) is 15.1. The van der Waals surface area contributed by atoms with Crippen LogP contribution in [0.4, 0.5) is 0 Å². The number of carbonyl (C=O) groups is 3. The summed E-state index contributed by atoms with van der Waals surface area (Å²) in [5.74, 6) is -1.15. The quantitative estimate of drug-likeness (QED) is 0.445. The van der Waals surface area contributed by atoms with E-state index in [1.807, 2.05) is 0 Å². The summed E-state index contributed by atoms with van der Waals surface area (Å²) in [6.07, 6.45) is 0. The van der Waals surface area contributed by atoms with E-state index < -0.39 is 11.8 Å². The third-order valence-electron chi connectivity index (χ3n) is 3.08. The van der Waals surface area contributed by atoms with Crippen molar-refractivity contribution in [3.63, 3.8) is 0 Å². The minimum atomic E-state index is -0.824. The molecule has 0 radical (unpaired) electrons. The van der Waals surface area contributed by atoms with Crippen LogP contribution in [0.15, 0.2) is 29.4 Å². The van der Waals surface area contributed by atoms with Gasteiger partial charge in [-0.3, -0.25) is 14.4 Å². The Morgan fingerprint density at radius 1 is 1.12 bits per heavy atom. The van der Waals surface area contributed by atoms with Crippen LogP contribution >= 0.6 is 0 Å². The third-order valence-corrected chi connectivity index (χ3v) is 3.08. The Bertz CT molecular complexity index is 651. The summed E-state index contributed by atoms with van der Waals surface area (Å²) >= 11 is 0. The average Bonchev–Trinajstić information content (AvgIpc) is 2.56. The van der Waals surface area contributed by atoms with E-state index in [2.05, 4.69) is 15.8 Å². The lowest BCUT2D eigenvalue weighted by atomic mass is 10.1. The van der Waals surface area contributed by atoms with Crippen molar-refractivity contribution in [3.05, 3.63) is 29.8 Å². The largest absolute Gasteiger partial charge is 0.484 e. The maximum atomic E-state index is 11.6. The second kappa shape index (κ2) is 9.41. The Morgan fingerprint density at radius 3 is 2.24 bits per heavy atom. The van der Waals surface area contributed by atoms with Gasteiger partial charge in [-0.05, 0) is 50.6 Å². The predicted molar refractivity (Wildman–Crippen MR) is 94.3 cm³/mol. The molecule has 0 aliphatic carbocycles. The molecule has 0 atom stereocenters. The lowest BCUT2D eigenvalue weighted by Gasteiger charge is -2.11. The molecule has 0 aromatic heterocycles. The topological polar surface area (TPSA) is 100 Å². The Balaban J connectivity index is 2.61. The van der Waals surface area contributed by atoms with Crippen LogP contribution < -0.4 is 15.5 Å². The first-order chi connectivity index (χ1) is 11.7. The third kappa shape index (κ3) is 7.03. The van der Waals surface area contributed by atoms with Crippen molar-refractivity contribution >= 4 is 23.4 Å². The molecule has 0 saturated heterocycles. The molecule has 25 heavy (non-hydrogen) atoms. The van der Waals surface area contributed by atoms with Crippen LogP contribution in [-0.2, 0) is 14.4 Å². The average molecular weight is 348 g/mol. The van der Waals surface area contributed by atoms with Crippen molar-refractivity contribution in [1.29, 1.82) is 0 Å². The second-order valence-electron chi connectivity index (χ2n) is 5.87. The first kappa shape index (κ1) is 20.1. The van der Waals surface area contributed by atoms with E-state index in [1.165, 1.54) is 4.90 Å². The van der Waals surface area contributed by atoms with Gasteiger partial charge in [-0.1, -0.05) is 0 Å². The van der Waals surface area contributed by atoms with E-state index in [-0.39, 0.29) is 18.6 Å². The Labute approximate surface area is 147 Å². The van der Waals surface area contributed by atoms with Gasteiger partial charge in [0.05, 0.1) is 5.71 Å². The molecule has 1 rings (SSSR count). The fourth-order valence-electron chi connectivity index (χ4n) is 1.64. The smallest absolute Gasteiger partial charge is 0.329 e. The van der Waals surface area contributed by atoms with E-state index in [1.54, 1.807) is 59.1 Å². The van der Waals surface area contributed by atoms with Gasteiger partial charge in [0, 0.05) is 20.1 Å². The fourth-order valence-corrected chi connectivity index (χ4v) is 1.64. The number of likely N-dealkylation sites (N-methyl/N-ethyl adjacent to an activating group) is 1. The number of nitrogens with one attached hydrogen (secondary N) is 2. The predicted octanol–water partition coefficient (Wildman–Crippen LogP) is 0.518. The van der Waals surface area contributed by atoms with Gasteiger partial charge in [0.25, 0.3) is 5.91 Å². The Morgan fingerprint density at radius 2 is 1.72 bits per heavy atom. The number of rotatable bonds is 6. The summed E-state index contributed by atoms with van der Waals surface area (Å²) in [5.41, 5.74) is 3.48. The minimum absolute atomic E-state index is 0.0412. The highest BCUT2D eigenvalue weighted by molar-refractivity contribution is 6.35. The summed E-state index contributed by atoms with van der Waals surface area (Å²) in [5, 5.41) is 6.38. The van der Waals surface area contributed by atoms with Crippen LogP contribution in [0.2, 0.25) is 0 Å². The van der Waals surface area contributed by atoms with E-state index in [0.717, 1.165) is 5.56 Å². The molecule has 0 spiro atoms. The monoisotopic (exact) mass is 348 g/mol. The van der Waals surface area contributed by atoms with Crippen LogP contribution in [0.5, 0.6) is 5.75 Å². The van der Waals surface area contributed by atoms with Crippen molar-refractivity contribution in [2.75, 3.05) is 20.7 Å². The van der Waals surface area contributed by atoms with E-state index in [9.17, 15) is 14.4 Å². The maximum absolute atomic E-state index is 11.6. The SMILES string of the molecule is C/C(=N/NC(=O)C(=O)NC(C)C)c1ccc(OCC(=O)N(C)C)cc1. The van der Waals surface area contributed by atoms with Crippen LogP contribution in [0.3, 0.4) is 0 Å². The second-order valence-corrected chi connectivity index (χ2v) is 5.87. The molecule has 8 nitrogen and oxygen atoms in total. The zero-order valence-corrected chi connectivity index (χ0v) is 15.1. The van der Waals surface area contributed by atoms with Gasteiger partial charge < -0.3 is 15.0 Å². The summed E-state index contributed by atoms with van der Waals surface area (Å²) in [6, 6.07) is 6.76. The molecule has 3 amide bonds. The maximum Gasteiger partial charge on any atom is 0.329 e. The summed E-state index contributed by atoms with van der Waals surface area (Å²) in [7, 11) is 3.31. The van der Waals surface area contributed by atoms with Crippen molar-refractivity contribution in [2.45, 2.75) is 26.8 Å². The van der Waals surface area contributed by atoms with Gasteiger partial charge in [0.1, 0.15) is 5.75 Å². The normalized spacial score (nSPS) is 11.0. The summed E-state index contributed by atoms with van der Waals surface area (Å²) in [4.78, 5) is 36.0. The van der Waals surface area contributed by atoms with Gasteiger partial charge in [-0.25, -0.2) is 5.43 Å². The molecular formula is C17H24N4O4. The number of amides is 3. The molecule has 0 aliphatic heterocycles. The van der Waals surface area contributed by atoms with Gasteiger partial charge in [-0.2, -0.15) is 5.10 Å². The molecule has 1 aromatic rings. The van der Waals surface area contributed by atoms with Crippen LogP contribution in [0, 0.1) is 0 Å². The molecule has 0 heterocycles. The highest BCUT2D eigenvalue weighted by Gasteiger charge is 2.13.